The molecule has 0 radical (unpaired) electrons. The Morgan fingerprint density at radius 3 is 1.82 bits per heavy atom. The second kappa shape index (κ2) is 8.08. The van der Waals surface area contributed by atoms with Crippen LogP contribution in [0, 0.1) is 0 Å². The molecule has 68 valence electrons. The second-order valence-corrected chi connectivity index (χ2v) is 2.63. The van der Waals surface area contributed by atoms with Crippen molar-refractivity contribution in [2.24, 2.45) is 0 Å². The minimum atomic E-state index is 0. The van der Waals surface area contributed by atoms with Crippen LogP contribution in [0.4, 0.5) is 0 Å². The van der Waals surface area contributed by atoms with E-state index in [1.165, 1.54) is 0 Å². The Morgan fingerprint density at radius 2 is 1.64 bits per heavy atom. The number of halogens is 1. The summed E-state index contributed by atoms with van der Waals surface area (Å²) in [5, 5.41) is 8.96. The molecule has 0 saturated carbocycles. The molecule has 11 heavy (non-hydrogen) atoms. The Hall–Kier alpha value is -0.0200. The van der Waals surface area contributed by atoms with Crippen molar-refractivity contribution in [2.45, 2.75) is 26.7 Å². The Labute approximate surface area is 80.0 Å². The molecule has 0 amide bonds. The predicted octanol–water partition coefficient (Wildman–Crippen LogP) is 2.37. The van der Waals surface area contributed by atoms with Crippen molar-refractivity contribution in [1.82, 2.24) is 4.90 Å². The van der Waals surface area contributed by atoms with E-state index in [9.17, 15) is 0 Å². The molecule has 0 fully saturated rings. The van der Waals surface area contributed by atoms with Crippen molar-refractivity contribution in [3.8, 4) is 0 Å². The third-order valence-electron chi connectivity index (χ3n) is 1.26. The van der Waals surface area contributed by atoms with E-state index < -0.39 is 0 Å². The van der Waals surface area contributed by atoms with Crippen LogP contribution in [-0.4, -0.2) is 28.3 Å². The van der Waals surface area contributed by atoms with E-state index >= 15 is 0 Å². The van der Waals surface area contributed by atoms with E-state index in [2.05, 4.69) is 26.1 Å². The Balaban J connectivity index is 0. The van der Waals surface area contributed by atoms with Gasteiger partial charge in [-0.15, -0.1) is 12.4 Å². The van der Waals surface area contributed by atoms with Gasteiger partial charge >= 0.3 is 0 Å². The summed E-state index contributed by atoms with van der Waals surface area (Å²) in [6.45, 7) is 5.87. The van der Waals surface area contributed by atoms with Crippen molar-refractivity contribution in [1.29, 1.82) is 0 Å². The van der Waals surface area contributed by atoms with Crippen LogP contribution in [0.25, 0.3) is 0 Å². The van der Waals surface area contributed by atoms with Crippen LogP contribution in [0.5, 0.6) is 0 Å². The molecule has 0 aromatic heterocycles. The molecule has 0 aliphatic heterocycles. The quantitative estimate of drug-likeness (QED) is 0.701. The molecule has 0 aromatic rings. The minimum Gasteiger partial charge on any atom is -0.487 e. The molecular formula is C7H16ClNOS. The average Bonchev–Trinajstić information content (AvgIpc) is 1.87. The topological polar surface area (TPSA) is 23.5 Å². The zero-order valence-corrected chi connectivity index (χ0v) is 8.67. The first kappa shape index (κ1) is 13.6. The van der Waals surface area contributed by atoms with Crippen molar-refractivity contribution in [3.63, 3.8) is 0 Å². The summed E-state index contributed by atoms with van der Waals surface area (Å²) < 4.78 is 0. The Morgan fingerprint density at radius 1 is 1.27 bits per heavy atom. The molecule has 0 atom stereocenters. The van der Waals surface area contributed by atoms with E-state index in [4.69, 9.17) is 5.11 Å². The number of aliphatic hydroxyl groups excluding tert-OH is 1. The van der Waals surface area contributed by atoms with Gasteiger partial charge in [-0.2, -0.15) is 0 Å². The Kier molecular flexibility index (Phi) is 9.96. The first-order valence-electron chi connectivity index (χ1n) is 3.70. The number of nitrogens with zero attached hydrogens (tertiary/aromatic N) is 1. The second-order valence-electron chi connectivity index (χ2n) is 2.27. The number of thiocarbonyl (C=S) groups is 1. The number of hydrogen-bond acceptors (Lipinski definition) is 1. The van der Waals surface area contributed by atoms with Gasteiger partial charge in [-0.25, -0.2) is 0 Å². The van der Waals surface area contributed by atoms with Crippen LogP contribution in [-0.2, 0) is 0 Å². The summed E-state index contributed by atoms with van der Waals surface area (Å²) >= 11 is 4.63. The lowest BCUT2D eigenvalue weighted by atomic mass is 10.4. The molecular weight excluding hydrogens is 182 g/mol. The third kappa shape index (κ3) is 6.38. The molecule has 0 aromatic carbocycles. The standard InChI is InChI=1S/C7H15NOS.ClH/c1-3-5-8(6-4-2)7(9)10;/h3-6H2,1-2H3,(H,9,10);1H. The third-order valence-corrected chi connectivity index (χ3v) is 1.52. The van der Waals surface area contributed by atoms with Crippen LogP contribution in [0.3, 0.4) is 0 Å². The van der Waals surface area contributed by atoms with Crippen LogP contribution in [0.1, 0.15) is 26.7 Å². The largest absolute Gasteiger partial charge is 0.487 e. The maximum absolute atomic E-state index is 8.93. The fourth-order valence-electron chi connectivity index (χ4n) is 0.843. The van der Waals surface area contributed by atoms with Gasteiger partial charge in [0.25, 0.3) is 5.17 Å². The van der Waals surface area contributed by atoms with Gasteiger partial charge in [-0.05, 0) is 25.1 Å². The number of aliphatic hydroxyl groups is 1. The highest BCUT2D eigenvalue weighted by Gasteiger charge is 2.03. The molecule has 0 aliphatic carbocycles. The normalized spacial score (nSPS) is 8.55. The zero-order valence-electron chi connectivity index (χ0n) is 7.04. The van der Waals surface area contributed by atoms with E-state index in [0.717, 1.165) is 25.9 Å². The van der Waals surface area contributed by atoms with Crippen LogP contribution in [0.15, 0.2) is 0 Å². The van der Waals surface area contributed by atoms with E-state index in [-0.39, 0.29) is 17.6 Å². The lowest BCUT2D eigenvalue weighted by Gasteiger charge is -2.19. The molecule has 0 unspecified atom stereocenters. The van der Waals surface area contributed by atoms with Gasteiger partial charge in [-0.3, -0.25) is 0 Å². The van der Waals surface area contributed by atoms with Crippen molar-refractivity contribution < 1.29 is 5.11 Å². The van der Waals surface area contributed by atoms with Gasteiger partial charge in [0.05, 0.1) is 0 Å². The van der Waals surface area contributed by atoms with Gasteiger partial charge in [0.15, 0.2) is 0 Å². The SMILES string of the molecule is CCCN(CCC)C(O)=S.Cl. The van der Waals surface area contributed by atoms with Crippen molar-refractivity contribution in [2.75, 3.05) is 13.1 Å². The summed E-state index contributed by atoms with van der Waals surface area (Å²) in [4.78, 5) is 1.81. The number of hydrogen-bond donors (Lipinski definition) is 1. The summed E-state index contributed by atoms with van der Waals surface area (Å²) in [5.41, 5.74) is 0. The molecule has 4 heteroatoms. The summed E-state index contributed by atoms with van der Waals surface area (Å²) in [6, 6.07) is 0. The molecule has 0 aliphatic rings. The lowest BCUT2D eigenvalue weighted by molar-refractivity contribution is 0.344. The van der Waals surface area contributed by atoms with E-state index in [0.29, 0.717) is 0 Å². The lowest BCUT2D eigenvalue weighted by Crippen LogP contribution is -2.30. The number of rotatable bonds is 4. The Bertz CT molecular complexity index is 105. The maximum atomic E-state index is 8.93. The first-order chi connectivity index (χ1) is 4.72. The van der Waals surface area contributed by atoms with Crippen molar-refractivity contribution >= 4 is 29.8 Å². The fourth-order valence-corrected chi connectivity index (χ4v) is 1.03. The highest BCUT2D eigenvalue weighted by molar-refractivity contribution is 7.79. The maximum Gasteiger partial charge on any atom is 0.256 e. The highest BCUT2D eigenvalue weighted by atomic mass is 35.5. The molecule has 0 heterocycles. The predicted molar refractivity (Wildman–Crippen MR) is 54.6 cm³/mol. The fraction of sp³-hybridized carbons (Fsp3) is 0.857. The smallest absolute Gasteiger partial charge is 0.256 e. The molecule has 0 saturated heterocycles. The summed E-state index contributed by atoms with van der Waals surface area (Å²) in [7, 11) is 0. The van der Waals surface area contributed by atoms with Gasteiger partial charge in [0.1, 0.15) is 0 Å². The molecule has 2 nitrogen and oxygen atoms in total. The van der Waals surface area contributed by atoms with E-state index in [1.807, 2.05) is 4.90 Å². The highest BCUT2D eigenvalue weighted by Crippen LogP contribution is 1.94. The molecule has 0 spiro atoms. The van der Waals surface area contributed by atoms with Gasteiger partial charge in [0.2, 0.25) is 0 Å². The van der Waals surface area contributed by atoms with Crippen LogP contribution in [0.2, 0.25) is 0 Å². The summed E-state index contributed by atoms with van der Waals surface area (Å²) in [5.74, 6) is 0. The van der Waals surface area contributed by atoms with Crippen LogP contribution >= 0.6 is 24.6 Å². The van der Waals surface area contributed by atoms with E-state index in [1.54, 1.807) is 0 Å². The van der Waals surface area contributed by atoms with Crippen molar-refractivity contribution in [3.05, 3.63) is 0 Å². The average molecular weight is 198 g/mol. The first-order valence-corrected chi connectivity index (χ1v) is 4.11. The monoisotopic (exact) mass is 197 g/mol. The molecule has 1 N–H and O–H groups in total. The summed E-state index contributed by atoms with van der Waals surface area (Å²) in [6.07, 6.45) is 2.06. The van der Waals surface area contributed by atoms with Gasteiger partial charge in [-0.1, -0.05) is 13.8 Å². The minimum absolute atomic E-state index is 0. The van der Waals surface area contributed by atoms with Crippen LogP contribution < -0.4 is 0 Å². The van der Waals surface area contributed by atoms with Gasteiger partial charge in [0, 0.05) is 13.1 Å². The van der Waals surface area contributed by atoms with Gasteiger partial charge < -0.3 is 10.0 Å². The zero-order chi connectivity index (χ0) is 7.98. The molecule has 0 bridgehead atoms. The molecule has 0 rings (SSSR count).